The Morgan fingerprint density at radius 2 is 2.16 bits per heavy atom. The molecule has 0 bridgehead atoms. The van der Waals surface area contributed by atoms with Crippen LogP contribution in [0.3, 0.4) is 0 Å². The zero-order chi connectivity index (χ0) is 14.4. The molecule has 0 aliphatic carbocycles. The molecule has 1 aromatic carbocycles. The number of anilines is 1. The average molecular weight is 285 g/mol. The van der Waals surface area contributed by atoms with Gasteiger partial charge in [0, 0.05) is 5.02 Å². The first-order valence-electron chi connectivity index (χ1n) is 5.94. The number of nitrogens with one attached hydrogen (secondary N) is 1. The molecule has 6 heteroatoms. The fraction of sp³-hybridized carbons (Fsp3) is 0.385. The lowest BCUT2D eigenvalue weighted by Gasteiger charge is -2.13. The lowest BCUT2D eigenvalue weighted by Crippen LogP contribution is -2.35. The monoisotopic (exact) mass is 284 g/mol. The molecule has 1 atom stereocenters. The largest absolute Gasteiger partial charge is 0.465 e. The summed E-state index contributed by atoms with van der Waals surface area (Å²) >= 11 is 5.82. The van der Waals surface area contributed by atoms with E-state index in [-0.39, 0.29) is 11.5 Å². The lowest BCUT2D eigenvalue weighted by molar-refractivity contribution is -0.117. The van der Waals surface area contributed by atoms with E-state index >= 15 is 0 Å². The fourth-order valence-corrected chi connectivity index (χ4v) is 1.74. The summed E-state index contributed by atoms with van der Waals surface area (Å²) in [4.78, 5) is 23.4. The van der Waals surface area contributed by atoms with Gasteiger partial charge in [-0.1, -0.05) is 24.9 Å². The molecule has 0 unspecified atom stereocenters. The minimum Gasteiger partial charge on any atom is -0.465 e. The standard InChI is InChI=1S/C13H17ClN2O3/c1-3-4-10(15)12(17)16-11-6-5-8(14)7-9(11)13(18)19-2/h5-7,10H,3-4,15H2,1-2H3,(H,16,17)/t10-/m0/s1. The Kier molecular flexibility index (Phi) is 5.79. The highest BCUT2D eigenvalue weighted by Crippen LogP contribution is 2.21. The molecule has 19 heavy (non-hydrogen) atoms. The van der Waals surface area contributed by atoms with Crippen LogP contribution in [0, 0.1) is 0 Å². The Balaban J connectivity index is 2.94. The van der Waals surface area contributed by atoms with E-state index in [1.165, 1.54) is 13.2 Å². The Hall–Kier alpha value is -1.59. The summed E-state index contributed by atoms with van der Waals surface area (Å²) in [5, 5.41) is 3.00. The van der Waals surface area contributed by atoms with Crippen molar-refractivity contribution in [1.82, 2.24) is 0 Å². The number of nitrogens with two attached hydrogens (primary N) is 1. The van der Waals surface area contributed by atoms with E-state index in [4.69, 9.17) is 17.3 Å². The van der Waals surface area contributed by atoms with Crippen LogP contribution in [0.1, 0.15) is 30.1 Å². The second-order valence-electron chi connectivity index (χ2n) is 4.07. The van der Waals surface area contributed by atoms with Gasteiger partial charge in [-0.3, -0.25) is 4.79 Å². The van der Waals surface area contributed by atoms with E-state index in [1.54, 1.807) is 12.1 Å². The van der Waals surface area contributed by atoms with Crippen LogP contribution in [-0.2, 0) is 9.53 Å². The maximum Gasteiger partial charge on any atom is 0.340 e. The van der Waals surface area contributed by atoms with E-state index < -0.39 is 12.0 Å². The van der Waals surface area contributed by atoms with Crippen molar-refractivity contribution in [2.24, 2.45) is 5.73 Å². The molecule has 0 radical (unpaired) electrons. The zero-order valence-electron chi connectivity index (χ0n) is 10.9. The van der Waals surface area contributed by atoms with Crippen molar-refractivity contribution in [2.45, 2.75) is 25.8 Å². The van der Waals surface area contributed by atoms with E-state index in [9.17, 15) is 9.59 Å². The maximum atomic E-state index is 11.8. The van der Waals surface area contributed by atoms with E-state index in [0.29, 0.717) is 17.1 Å². The molecule has 104 valence electrons. The van der Waals surface area contributed by atoms with Crippen molar-refractivity contribution in [2.75, 3.05) is 12.4 Å². The summed E-state index contributed by atoms with van der Waals surface area (Å²) in [5.41, 5.74) is 6.25. The SMILES string of the molecule is CCC[C@H](N)C(=O)Nc1ccc(Cl)cc1C(=O)OC. The van der Waals surface area contributed by atoms with Crippen LogP contribution in [0.5, 0.6) is 0 Å². The van der Waals surface area contributed by atoms with Gasteiger partial charge in [-0.05, 0) is 24.6 Å². The van der Waals surface area contributed by atoms with Crippen molar-refractivity contribution < 1.29 is 14.3 Å². The predicted molar refractivity (Wildman–Crippen MR) is 74.3 cm³/mol. The first-order chi connectivity index (χ1) is 8.99. The van der Waals surface area contributed by atoms with Crippen molar-refractivity contribution in [1.29, 1.82) is 0 Å². The molecule has 3 N–H and O–H groups in total. The van der Waals surface area contributed by atoms with Gasteiger partial charge >= 0.3 is 5.97 Å². The third-order valence-corrected chi connectivity index (χ3v) is 2.82. The van der Waals surface area contributed by atoms with Crippen molar-refractivity contribution in [3.05, 3.63) is 28.8 Å². The molecule has 0 aromatic heterocycles. The third kappa shape index (κ3) is 4.22. The second kappa shape index (κ2) is 7.11. The number of ether oxygens (including phenoxy) is 1. The number of hydrogen-bond donors (Lipinski definition) is 2. The second-order valence-corrected chi connectivity index (χ2v) is 4.50. The van der Waals surface area contributed by atoms with Crippen LogP contribution >= 0.6 is 11.6 Å². The smallest absolute Gasteiger partial charge is 0.340 e. The maximum absolute atomic E-state index is 11.8. The number of carbonyl (C=O) groups is 2. The van der Waals surface area contributed by atoms with Gasteiger partial charge in [-0.25, -0.2) is 4.79 Å². The van der Waals surface area contributed by atoms with Gasteiger partial charge in [0.25, 0.3) is 0 Å². The number of methoxy groups -OCH3 is 1. The third-order valence-electron chi connectivity index (χ3n) is 2.58. The molecule has 0 spiro atoms. The number of rotatable bonds is 5. The fourth-order valence-electron chi connectivity index (χ4n) is 1.57. The Morgan fingerprint density at radius 3 is 2.74 bits per heavy atom. The Bertz CT molecular complexity index is 477. The summed E-state index contributed by atoms with van der Waals surface area (Å²) in [6.07, 6.45) is 1.38. The van der Waals surface area contributed by atoms with Gasteiger partial charge in [0.15, 0.2) is 0 Å². The molecule has 0 saturated carbocycles. The van der Waals surface area contributed by atoms with Crippen LogP contribution in [0.4, 0.5) is 5.69 Å². The number of amides is 1. The highest BCUT2D eigenvalue weighted by Gasteiger charge is 2.17. The van der Waals surface area contributed by atoms with Crippen LogP contribution in [0.25, 0.3) is 0 Å². The van der Waals surface area contributed by atoms with Crippen LogP contribution in [0.15, 0.2) is 18.2 Å². The summed E-state index contributed by atoms with van der Waals surface area (Å²) in [6.45, 7) is 1.94. The minimum absolute atomic E-state index is 0.201. The van der Waals surface area contributed by atoms with Crippen molar-refractivity contribution >= 4 is 29.2 Å². The van der Waals surface area contributed by atoms with Gasteiger partial charge in [0.1, 0.15) is 0 Å². The summed E-state index contributed by atoms with van der Waals surface area (Å²) in [7, 11) is 1.26. The highest BCUT2D eigenvalue weighted by molar-refractivity contribution is 6.31. The van der Waals surface area contributed by atoms with Gasteiger partial charge in [0.05, 0.1) is 24.4 Å². The van der Waals surface area contributed by atoms with Crippen molar-refractivity contribution in [3.63, 3.8) is 0 Å². The highest BCUT2D eigenvalue weighted by atomic mass is 35.5. The minimum atomic E-state index is -0.605. The van der Waals surface area contributed by atoms with Gasteiger partial charge in [-0.15, -0.1) is 0 Å². The predicted octanol–water partition coefficient (Wildman–Crippen LogP) is 2.19. The molecular weight excluding hydrogens is 268 g/mol. The number of hydrogen-bond acceptors (Lipinski definition) is 4. The topological polar surface area (TPSA) is 81.4 Å². The quantitative estimate of drug-likeness (QED) is 0.812. The molecule has 0 saturated heterocycles. The molecule has 1 aromatic rings. The molecule has 0 aliphatic heterocycles. The normalized spacial score (nSPS) is 11.8. The molecular formula is C13H17ClN2O3. The van der Waals surface area contributed by atoms with Crippen molar-refractivity contribution in [3.8, 4) is 0 Å². The van der Waals surface area contributed by atoms with E-state index in [1.807, 2.05) is 6.92 Å². The molecule has 1 amide bonds. The first-order valence-corrected chi connectivity index (χ1v) is 6.31. The number of esters is 1. The van der Waals surface area contributed by atoms with E-state index in [2.05, 4.69) is 10.1 Å². The van der Waals surface area contributed by atoms with Crippen LogP contribution < -0.4 is 11.1 Å². The molecule has 0 heterocycles. The lowest BCUT2D eigenvalue weighted by atomic mass is 10.1. The zero-order valence-corrected chi connectivity index (χ0v) is 11.7. The Morgan fingerprint density at radius 1 is 1.47 bits per heavy atom. The van der Waals surface area contributed by atoms with Crippen LogP contribution in [0.2, 0.25) is 5.02 Å². The number of benzene rings is 1. The first kappa shape index (κ1) is 15.5. The van der Waals surface area contributed by atoms with Crippen LogP contribution in [-0.4, -0.2) is 25.0 Å². The average Bonchev–Trinajstić information content (AvgIpc) is 2.40. The summed E-state index contributed by atoms with van der Waals surface area (Å²) in [6, 6.07) is 3.96. The number of carbonyl (C=O) groups excluding carboxylic acids is 2. The van der Waals surface area contributed by atoms with Gasteiger partial charge in [0.2, 0.25) is 5.91 Å². The number of halogens is 1. The van der Waals surface area contributed by atoms with Gasteiger partial charge in [-0.2, -0.15) is 0 Å². The van der Waals surface area contributed by atoms with E-state index in [0.717, 1.165) is 6.42 Å². The summed E-state index contributed by atoms with van der Waals surface area (Å²) < 4.78 is 4.64. The summed E-state index contributed by atoms with van der Waals surface area (Å²) in [5.74, 6) is -0.906. The Labute approximate surface area is 117 Å². The van der Waals surface area contributed by atoms with Gasteiger partial charge < -0.3 is 15.8 Å². The molecule has 5 nitrogen and oxygen atoms in total. The molecule has 1 rings (SSSR count). The molecule has 0 fully saturated rings. The molecule has 0 aliphatic rings.